The first-order valence-corrected chi connectivity index (χ1v) is 8.69. The number of carbonyl (C=O) groups is 2. The fourth-order valence-corrected chi connectivity index (χ4v) is 3.54. The van der Waals surface area contributed by atoms with E-state index < -0.39 is 6.09 Å². The van der Waals surface area contributed by atoms with Crippen LogP contribution in [0.1, 0.15) is 6.42 Å². The second-order valence-electron chi connectivity index (χ2n) is 6.55. The molecule has 2 heterocycles. The van der Waals surface area contributed by atoms with Crippen molar-refractivity contribution in [3.63, 3.8) is 0 Å². The lowest BCUT2D eigenvalue weighted by Gasteiger charge is -2.44. The fourth-order valence-electron chi connectivity index (χ4n) is 3.54. The van der Waals surface area contributed by atoms with Crippen molar-refractivity contribution in [2.75, 3.05) is 6.54 Å². The highest BCUT2D eigenvalue weighted by molar-refractivity contribution is 5.79. The molecule has 0 aromatic heterocycles. The molecule has 2 bridgehead atoms. The van der Waals surface area contributed by atoms with E-state index in [0.29, 0.717) is 24.5 Å². The summed E-state index contributed by atoms with van der Waals surface area (Å²) >= 11 is 0. The van der Waals surface area contributed by atoms with E-state index in [9.17, 15) is 9.59 Å². The number of para-hydroxylation sites is 2. The van der Waals surface area contributed by atoms with Gasteiger partial charge in [0, 0.05) is 6.54 Å². The van der Waals surface area contributed by atoms with E-state index in [-0.39, 0.29) is 23.8 Å². The molecule has 3 aliphatic rings. The number of amides is 1. The zero-order valence-electron chi connectivity index (χ0n) is 14.2. The van der Waals surface area contributed by atoms with Crippen molar-refractivity contribution < 1.29 is 19.1 Å². The molecule has 26 heavy (non-hydrogen) atoms. The minimum Gasteiger partial charge on any atom is -0.426 e. The van der Waals surface area contributed by atoms with Crippen molar-refractivity contribution in [3.8, 4) is 11.5 Å². The van der Waals surface area contributed by atoms with Gasteiger partial charge in [0.1, 0.15) is 11.5 Å². The van der Waals surface area contributed by atoms with E-state index >= 15 is 0 Å². The quantitative estimate of drug-likeness (QED) is 0.482. The molecule has 5 rings (SSSR count). The molecule has 132 valence electrons. The molecule has 0 radical (unpaired) electrons. The summed E-state index contributed by atoms with van der Waals surface area (Å²) in [6.45, 7) is 0.557. The first kappa shape index (κ1) is 16.4. The van der Waals surface area contributed by atoms with Crippen LogP contribution in [0.25, 0.3) is 0 Å². The maximum absolute atomic E-state index is 12.6. The zero-order valence-corrected chi connectivity index (χ0v) is 14.2. The summed E-state index contributed by atoms with van der Waals surface area (Å²) < 4.78 is 11.0. The Morgan fingerprint density at radius 3 is 2.08 bits per heavy atom. The van der Waals surface area contributed by atoms with E-state index in [0.717, 1.165) is 0 Å². The van der Waals surface area contributed by atoms with Gasteiger partial charge in [0.2, 0.25) is 0 Å². The molecule has 0 saturated carbocycles. The van der Waals surface area contributed by atoms with E-state index in [1.807, 2.05) is 42.5 Å². The molecule has 5 heteroatoms. The Morgan fingerprint density at radius 2 is 1.46 bits per heavy atom. The van der Waals surface area contributed by atoms with E-state index in [4.69, 9.17) is 9.47 Å². The van der Waals surface area contributed by atoms with Gasteiger partial charge in [-0.2, -0.15) is 0 Å². The molecule has 2 aromatic rings. The SMILES string of the molecule is O=C(Oc1ccccc1)[C@@H]1C[C@@H]2C=C[C@@H]1N(C(=O)Oc1ccccc1)C2. The molecule has 1 aliphatic carbocycles. The van der Waals surface area contributed by atoms with Crippen LogP contribution < -0.4 is 9.47 Å². The molecule has 5 nitrogen and oxygen atoms in total. The first-order valence-electron chi connectivity index (χ1n) is 8.69. The standard InChI is InChI=1S/C21H19NO4/c23-20(25-16-7-3-1-4-8-16)18-13-15-11-12-19(18)22(14-15)21(24)26-17-9-5-2-6-10-17/h1-12,15,18-19H,13-14H2/t15-,18+,19-/m0/s1. The lowest BCUT2D eigenvalue weighted by atomic mass is 9.78. The average Bonchev–Trinajstić information content (AvgIpc) is 2.69. The second-order valence-corrected chi connectivity index (χ2v) is 6.55. The summed E-state index contributed by atoms with van der Waals surface area (Å²) in [6, 6.07) is 17.6. The Hall–Kier alpha value is -3.08. The van der Waals surface area contributed by atoms with Crippen molar-refractivity contribution in [2.45, 2.75) is 12.5 Å². The van der Waals surface area contributed by atoms with Gasteiger partial charge in [-0.05, 0) is 36.6 Å². The van der Waals surface area contributed by atoms with Crippen LogP contribution in [0.3, 0.4) is 0 Å². The van der Waals surface area contributed by atoms with Gasteiger partial charge in [-0.15, -0.1) is 0 Å². The van der Waals surface area contributed by atoms with Gasteiger partial charge in [-0.3, -0.25) is 9.69 Å². The summed E-state index contributed by atoms with van der Waals surface area (Å²) in [5.74, 6) is 0.444. The molecule has 3 atom stereocenters. The van der Waals surface area contributed by atoms with Crippen molar-refractivity contribution in [1.29, 1.82) is 0 Å². The van der Waals surface area contributed by atoms with Gasteiger partial charge in [0.25, 0.3) is 0 Å². The summed E-state index contributed by atoms with van der Waals surface area (Å²) in [6.07, 6.45) is 4.24. The monoisotopic (exact) mass is 349 g/mol. The van der Waals surface area contributed by atoms with Crippen LogP contribution in [0.2, 0.25) is 0 Å². The molecule has 1 saturated heterocycles. The predicted molar refractivity (Wildman–Crippen MR) is 95.8 cm³/mol. The average molecular weight is 349 g/mol. The van der Waals surface area contributed by atoms with Gasteiger partial charge in [0.15, 0.2) is 0 Å². The molecule has 1 fully saturated rings. The van der Waals surface area contributed by atoms with Crippen LogP contribution >= 0.6 is 0 Å². The molecule has 0 N–H and O–H groups in total. The number of hydrogen-bond donors (Lipinski definition) is 0. The van der Waals surface area contributed by atoms with Crippen molar-refractivity contribution in [2.24, 2.45) is 11.8 Å². The number of benzene rings is 2. The van der Waals surface area contributed by atoms with Crippen LogP contribution in [-0.2, 0) is 4.79 Å². The topological polar surface area (TPSA) is 55.8 Å². The Kier molecular flexibility index (Phi) is 4.44. The third-order valence-electron chi connectivity index (χ3n) is 4.79. The van der Waals surface area contributed by atoms with Crippen LogP contribution in [0.4, 0.5) is 4.79 Å². The molecular formula is C21H19NO4. The highest BCUT2D eigenvalue weighted by Gasteiger charge is 2.44. The number of nitrogens with zero attached hydrogens (tertiary/aromatic N) is 1. The summed E-state index contributed by atoms with van der Waals surface area (Å²) in [5.41, 5.74) is 0. The van der Waals surface area contributed by atoms with Gasteiger partial charge in [0.05, 0.1) is 12.0 Å². The van der Waals surface area contributed by atoms with Crippen LogP contribution in [-0.4, -0.2) is 29.5 Å². The van der Waals surface area contributed by atoms with Crippen LogP contribution in [0, 0.1) is 11.8 Å². The Labute approximate surface area is 151 Å². The van der Waals surface area contributed by atoms with E-state index in [2.05, 4.69) is 6.08 Å². The maximum Gasteiger partial charge on any atom is 0.415 e. The Bertz CT molecular complexity index is 755. The minimum atomic E-state index is -0.437. The normalized spacial score (nSPS) is 23.5. The molecule has 0 spiro atoms. The highest BCUT2D eigenvalue weighted by atomic mass is 16.6. The largest absolute Gasteiger partial charge is 0.426 e. The number of piperidine rings is 1. The molecule has 2 aromatic carbocycles. The maximum atomic E-state index is 12.6. The van der Waals surface area contributed by atoms with Gasteiger partial charge in [-0.1, -0.05) is 48.6 Å². The first-order chi connectivity index (χ1) is 12.7. The summed E-state index contributed by atoms with van der Waals surface area (Å²) in [7, 11) is 0. The van der Waals surface area contributed by atoms with Crippen LogP contribution in [0.15, 0.2) is 72.8 Å². The van der Waals surface area contributed by atoms with Crippen LogP contribution in [0.5, 0.6) is 11.5 Å². The fraction of sp³-hybridized carbons (Fsp3) is 0.238. The number of fused-ring (bicyclic) bond motifs is 2. The van der Waals surface area contributed by atoms with Crippen molar-refractivity contribution in [3.05, 3.63) is 72.8 Å². The van der Waals surface area contributed by atoms with Crippen molar-refractivity contribution in [1.82, 2.24) is 4.90 Å². The van der Waals surface area contributed by atoms with E-state index in [1.165, 1.54) is 0 Å². The molecular weight excluding hydrogens is 330 g/mol. The minimum absolute atomic E-state index is 0.136. The van der Waals surface area contributed by atoms with Gasteiger partial charge >= 0.3 is 12.1 Å². The lowest BCUT2D eigenvalue weighted by Crippen LogP contribution is -2.56. The summed E-state index contributed by atoms with van der Waals surface area (Å²) in [5, 5.41) is 0. The second kappa shape index (κ2) is 7.04. The number of esters is 1. The predicted octanol–water partition coefficient (Wildman–Crippen LogP) is 3.67. The third kappa shape index (κ3) is 3.33. The molecule has 2 aliphatic heterocycles. The Morgan fingerprint density at radius 1 is 0.846 bits per heavy atom. The zero-order chi connectivity index (χ0) is 17.9. The smallest absolute Gasteiger partial charge is 0.415 e. The van der Waals surface area contributed by atoms with E-state index in [1.54, 1.807) is 29.2 Å². The highest BCUT2D eigenvalue weighted by Crippen LogP contribution is 2.36. The third-order valence-corrected chi connectivity index (χ3v) is 4.79. The number of ether oxygens (including phenoxy) is 2. The lowest BCUT2D eigenvalue weighted by molar-refractivity contribution is -0.142. The number of hydrogen-bond acceptors (Lipinski definition) is 4. The van der Waals surface area contributed by atoms with Gasteiger partial charge in [-0.25, -0.2) is 4.79 Å². The number of carbonyl (C=O) groups excluding carboxylic acids is 2. The van der Waals surface area contributed by atoms with Gasteiger partial charge < -0.3 is 9.47 Å². The summed E-state index contributed by atoms with van der Waals surface area (Å²) in [4.78, 5) is 26.9. The number of rotatable bonds is 3. The molecule has 0 unspecified atom stereocenters. The van der Waals surface area contributed by atoms with Crippen molar-refractivity contribution >= 4 is 12.1 Å². The molecule has 1 amide bonds. The Balaban J connectivity index is 1.47.